The molecule has 0 aliphatic rings. The zero-order valence-electron chi connectivity index (χ0n) is 6.30. The molecule has 0 radical (unpaired) electrons. The van der Waals surface area contributed by atoms with Crippen LogP contribution >= 0.6 is 34.2 Å². The molecule has 2 N–H and O–H groups in total. The van der Waals surface area contributed by atoms with Gasteiger partial charge in [-0.3, -0.25) is 0 Å². The predicted molar refractivity (Wildman–Crippen MR) is 61.2 cm³/mol. The first kappa shape index (κ1) is 9.80. The Morgan fingerprint density at radius 2 is 2.17 bits per heavy atom. The molecule has 0 saturated carbocycles. The third kappa shape index (κ3) is 2.64. The van der Waals surface area contributed by atoms with Crippen LogP contribution in [0.3, 0.4) is 0 Å². The minimum Gasteiger partial charge on any atom is -0.386 e. The molecule has 0 aromatic heterocycles. The molecule has 1 rings (SSSR count). The third-order valence-electron chi connectivity index (χ3n) is 1.25. The number of nitrogens with zero attached hydrogens (tertiary/aromatic N) is 1. The van der Waals surface area contributed by atoms with E-state index < -0.39 is 0 Å². The minimum atomic E-state index is 0.269. The Hall–Kier alpha value is -0.290. The van der Waals surface area contributed by atoms with Crippen LogP contribution < -0.4 is 5.73 Å². The van der Waals surface area contributed by atoms with Gasteiger partial charge in [0.1, 0.15) is 5.84 Å². The van der Waals surface area contributed by atoms with E-state index in [9.17, 15) is 0 Å². The highest BCUT2D eigenvalue weighted by molar-refractivity contribution is 14.1. The molecule has 0 bridgehead atoms. The van der Waals surface area contributed by atoms with Gasteiger partial charge in [0.15, 0.2) is 0 Å². The van der Waals surface area contributed by atoms with Crippen LogP contribution in [0.4, 0.5) is 5.69 Å². The Bertz CT molecular complexity index is 299. The molecule has 0 spiro atoms. The number of hydrogen-bond acceptors (Lipinski definition) is 1. The van der Waals surface area contributed by atoms with Crippen molar-refractivity contribution >= 4 is 45.7 Å². The van der Waals surface area contributed by atoms with Gasteiger partial charge in [0.05, 0.1) is 11.6 Å². The highest BCUT2D eigenvalue weighted by Crippen LogP contribution is 2.19. The summed E-state index contributed by atoms with van der Waals surface area (Å²) >= 11 is 7.70. The van der Waals surface area contributed by atoms with Crippen molar-refractivity contribution in [3.05, 3.63) is 27.8 Å². The van der Waals surface area contributed by atoms with Crippen molar-refractivity contribution < 1.29 is 0 Å². The van der Waals surface area contributed by atoms with Crippen molar-refractivity contribution in [1.29, 1.82) is 0 Å². The van der Waals surface area contributed by atoms with E-state index in [1.54, 1.807) is 0 Å². The van der Waals surface area contributed by atoms with Gasteiger partial charge in [-0.1, -0.05) is 12.1 Å². The molecule has 0 unspecified atom stereocenters. The standard InChI is InChI=1S/C8H8ClIN2/c9-5-8(11)12-7-4-2-1-3-6(7)10/h1-4H,5H2,(H2,11,12). The number of hydrogen-bond donors (Lipinski definition) is 1. The highest BCUT2D eigenvalue weighted by atomic mass is 127. The number of rotatable bonds is 2. The molecule has 64 valence electrons. The van der Waals surface area contributed by atoms with Crippen LogP contribution in [0.2, 0.25) is 0 Å². The number of benzene rings is 1. The summed E-state index contributed by atoms with van der Waals surface area (Å²) in [5, 5.41) is 0. The fourth-order valence-electron chi connectivity index (χ4n) is 0.727. The normalized spacial score (nSPS) is 11.7. The summed E-state index contributed by atoms with van der Waals surface area (Å²) in [6.07, 6.45) is 0. The Labute approximate surface area is 90.0 Å². The Morgan fingerprint density at radius 1 is 1.50 bits per heavy atom. The summed E-state index contributed by atoms with van der Waals surface area (Å²) < 4.78 is 1.07. The Kier molecular flexibility index (Phi) is 3.81. The van der Waals surface area contributed by atoms with E-state index in [1.165, 1.54) is 0 Å². The molecule has 0 fully saturated rings. The lowest BCUT2D eigenvalue weighted by Gasteiger charge is -1.98. The maximum atomic E-state index is 5.50. The van der Waals surface area contributed by atoms with Gasteiger partial charge in [-0.2, -0.15) is 0 Å². The number of amidine groups is 1. The van der Waals surface area contributed by atoms with Crippen LogP contribution in [0.15, 0.2) is 29.3 Å². The molecule has 0 atom stereocenters. The Morgan fingerprint density at radius 3 is 2.75 bits per heavy atom. The molecule has 1 aromatic rings. The lowest BCUT2D eigenvalue weighted by Crippen LogP contribution is -2.12. The summed E-state index contributed by atoms with van der Waals surface area (Å²) in [5.74, 6) is 0.714. The number of halogens is 2. The van der Waals surface area contributed by atoms with E-state index in [4.69, 9.17) is 17.3 Å². The summed E-state index contributed by atoms with van der Waals surface area (Å²) in [5.41, 5.74) is 6.36. The second-order valence-electron chi connectivity index (χ2n) is 2.19. The average Bonchev–Trinajstić information content (AvgIpc) is 2.09. The van der Waals surface area contributed by atoms with Crippen LogP contribution in [0, 0.1) is 3.57 Å². The second kappa shape index (κ2) is 4.67. The molecule has 1 aromatic carbocycles. The zero-order valence-corrected chi connectivity index (χ0v) is 9.21. The summed E-state index contributed by atoms with van der Waals surface area (Å²) in [6.45, 7) is 0. The van der Waals surface area contributed by atoms with Gasteiger partial charge >= 0.3 is 0 Å². The van der Waals surface area contributed by atoms with E-state index in [0.29, 0.717) is 5.84 Å². The van der Waals surface area contributed by atoms with Crippen molar-refractivity contribution in [2.75, 3.05) is 5.88 Å². The van der Waals surface area contributed by atoms with Gasteiger partial charge in [0.2, 0.25) is 0 Å². The van der Waals surface area contributed by atoms with Gasteiger partial charge in [-0.05, 0) is 34.7 Å². The smallest absolute Gasteiger partial charge is 0.115 e. The molecule has 0 amide bonds. The summed E-state index contributed by atoms with van der Waals surface area (Å²) in [6, 6.07) is 7.75. The van der Waals surface area contributed by atoms with Crippen LogP contribution in [0.5, 0.6) is 0 Å². The van der Waals surface area contributed by atoms with Crippen molar-refractivity contribution in [3.8, 4) is 0 Å². The quantitative estimate of drug-likeness (QED) is 0.387. The van der Waals surface area contributed by atoms with Gasteiger partial charge in [0, 0.05) is 3.57 Å². The van der Waals surface area contributed by atoms with Gasteiger partial charge < -0.3 is 5.73 Å². The van der Waals surface area contributed by atoms with E-state index >= 15 is 0 Å². The molecule has 0 aliphatic heterocycles. The number of aliphatic imine (C=N–C) groups is 1. The van der Waals surface area contributed by atoms with Crippen molar-refractivity contribution in [3.63, 3.8) is 0 Å². The van der Waals surface area contributed by atoms with Gasteiger partial charge in [-0.15, -0.1) is 11.6 Å². The largest absolute Gasteiger partial charge is 0.386 e. The summed E-state index contributed by atoms with van der Waals surface area (Å²) in [7, 11) is 0. The van der Waals surface area contributed by atoms with Crippen LogP contribution in [0.1, 0.15) is 0 Å². The van der Waals surface area contributed by atoms with Crippen LogP contribution in [-0.2, 0) is 0 Å². The van der Waals surface area contributed by atoms with E-state index in [-0.39, 0.29) is 5.88 Å². The van der Waals surface area contributed by atoms with Crippen molar-refractivity contribution in [2.24, 2.45) is 10.7 Å². The van der Waals surface area contributed by atoms with E-state index in [0.717, 1.165) is 9.26 Å². The first-order valence-corrected chi connectivity index (χ1v) is 4.99. The third-order valence-corrected chi connectivity index (χ3v) is 2.44. The zero-order chi connectivity index (χ0) is 8.97. The van der Waals surface area contributed by atoms with Crippen molar-refractivity contribution in [2.45, 2.75) is 0 Å². The first-order valence-electron chi connectivity index (χ1n) is 3.37. The van der Waals surface area contributed by atoms with Crippen LogP contribution in [0.25, 0.3) is 0 Å². The second-order valence-corrected chi connectivity index (χ2v) is 3.62. The molecule has 4 heteroatoms. The number of para-hydroxylation sites is 1. The maximum absolute atomic E-state index is 5.50. The predicted octanol–water partition coefficient (Wildman–Crippen LogP) is 2.52. The fourth-order valence-corrected chi connectivity index (χ4v) is 1.29. The molecule has 0 aliphatic carbocycles. The van der Waals surface area contributed by atoms with Crippen LogP contribution in [-0.4, -0.2) is 11.7 Å². The molecule has 0 heterocycles. The lowest BCUT2D eigenvalue weighted by molar-refractivity contribution is 1.43. The maximum Gasteiger partial charge on any atom is 0.115 e. The lowest BCUT2D eigenvalue weighted by atomic mass is 10.3. The van der Waals surface area contributed by atoms with Crippen molar-refractivity contribution in [1.82, 2.24) is 0 Å². The first-order chi connectivity index (χ1) is 5.74. The molecular weight excluding hydrogens is 286 g/mol. The highest BCUT2D eigenvalue weighted by Gasteiger charge is 1.95. The number of alkyl halides is 1. The van der Waals surface area contributed by atoms with E-state index in [2.05, 4.69) is 27.6 Å². The number of nitrogens with two attached hydrogens (primary N) is 1. The molecule has 0 saturated heterocycles. The molecule has 12 heavy (non-hydrogen) atoms. The summed E-state index contributed by atoms with van der Waals surface area (Å²) in [4.78, 5) is 4.13. The monoisotopic (exact) mass is 294 g/mol. The molecule has 2 nitrogen and oxygen atoms in total. The SMILES string of the molecule is NC(CCl)=Nc1ccccc1I. The van der Waals surface area contributed by atoms with Gasteiger partial charge in [-0.25, -0.2) is 4.99 Å². The average molecular weight is 295 g/mol. The fraction of sp³-hybridized carbons (Fsp3) is 0.125. The minimum absolute atomic E-state index is 0.269. The topological polar surface area (TPSA) is 38.4 Å². The van der Waals surface area contributed by atoms with E-state index in [1.807, 2.05) is 24.3 Å². The van der Waals surface area contributed by atoms with Gasteiger partial charge in [0.25, 0.3) is 0 Å². The molecular formula is C8H8ClIN2. The Balaban J connectivity index is 2.96.